The lowest BCUT2D eigenvalue weighted by molar-refractivity contribution is -0.134. The van der Waals surface area contributed by atoms with E-state index in [0.29, 0.717) is 26.1 Å². The maximum atomic E-state index is 13.4. The molecule has 34 heavy (non-hydrogen) atoms. The van der Waals surface area contributed by atoms with Gasteiger partial charge in [0.1, 0.15) is 0 Å². The molecule has 1 aromatic carbocycles. The van der Waals surface area contributed by atoms with Gasteiger partial charge in [0.15, 0.2) is 0 Å². The van der Waals surface area contributed by atoms with Crippen molar-refractivity contribution in [3.05, 3.63) is 47.3 Å². The largest absolute Gasteiger partial charge is 0.376 e. The Labute approximate surface area is 204 Å². The van der Waals surface area contributed by atoms with E-state index in [9.17, 15) is 13.2 Å². The number of carbonyl (C=O) groups is 1. The average Bonchev–Trinajstić information content (AvgIpc) is 3.37. The maximum Gasteiger partial charge on any atom is 0.228 e. The lowest BCUT2D eigenvalue weighted by Gasteiger charge is -2.27. The molecule has 0 spiro atoms. The van der Waals surface area contributed by atoms with E-state index in [0.717, 1.165) is 36.3 Å². The zero-order chi connectivity index (χ0) is 24.9. The smallest absolute Gasteiger partial charge is 0.228 e. The molecule has 3 rings (SSSR count). The zero-order valence-corrected chi connectivity index (χ0v) is 22.0. The van der Waals surface area contributed by atoms with E-state index in [1.807, 2.05) is 49.9 Å². The van der Waals surface area contributed by atoms with Crippen molar-refractivity contribution in [1.82, 2.24) is 14.5 Å². The van der Waals surface area contributed by atoms with Gasteiger partial charge in [-0.25, -0.2) is 13.4 Å². The van der Waals surface area contributed by atoms with Gasteiger partial charge in [0.2, 0.25) is 20.9 Å². The second-order valence-corrected chi connectivity index (χ2v) is 12.2. The minimum Gasteiger partial charge on any atom is -0.376 e. The van der Waals surface area contributed by atoms with Crippen molar-refractivity contribution in [3.63, 3.8) is 0 Å². The third kappa shape index (κ3) is 7.15. The molecule has 1 amide bonds. The molecule has 2 heterocycles. The van der Waals surface area contributed by atoms with Crippen LogP contribution < -0.4 is 0 Å². The van der Waals surface area contributed by atoms with Crippen molar-refractivity contribution in [2.45, 2.75) is 84.0 Å². The highest BCUT2D eigenvalue weighted by atomic mass is 32.2. The first-order chi connectivity index (χ1) is 16.0. The van der Waals surface area contributed by atoms with Crippen LogP contribution in [-0.4, -0.2) is 48.0 Å². The second-order valence-electron chi connectivity index (χ2n) is 10.3. The van der Waals surface area contributed by atoms with E-state index in [2.05, 4.69) is 18.8 Å². The summed E-state index contributed by atoms with van der Waals surface area (Å²) >= 11 is 0. The van der Waals surface area contributed by atoms with Crippen LogP contribution in [0.3, 0.4) is 0 Å². The van der Waals surface area contributed by atoms with Gasteiger partial charge in [-0.2, -0.15) is 0 Å². The van der Waals surface area contributed by atoms with E-state index >= 15 is 0 Å². The summed E-state index contributed by atoms with van der Waals surface area (Å²) in [7, 11) is -3.66. The molecule has 1 unspecified atom stereocenters. The van der Waals surface area contributed by atoms with E-state index in [4.69, 9.17) is 4.74 Å². The van der Waals surface area contributed by atoms with Gasteiger partial charge >= 0.3 is 0 Å². The number of benzene rings is 1. The predicted octanol–water partition coefficient (Wildman–Crippen LogP) is 4.38. The maximum absolute atomic E-state index is 13.4. The Morgan fingerprint density at radius 2 is 2.00 bits per heavy atom. The number of aromatic nitrogens is 2. The highest BCUT2D eigenvalue weighted by molar-refractivity contribution is 7.90. The zero-order valence-electron chi connectivity index (χ0n) is 21.2. The summed E-state index contributed by atoms with van der Waals surface area (Å²) in [6.45, 7) is 12.2. The van der Waals surface area contributed by atoms with Gasteiger partial charge in [0.05, 0.1) is 30.3 Å². The Morgan fingerprint density at radius 1 is 1.24 bits per heavy atom. The van der Waals surface area contributed by atoms with Gasteiger partial charge < -0.3 is 14.2 Å². The molecule has 1 atom stereocenters. The minimum absolute atomic E-state index is 0.0297. The van der Waals surface area contributed by atoms with Crippen LogP contribution in [0.15, 0.2) is 35.6 Å². The van der Waals surface area contributed by atoms with Crippen LogP contribution in [0, 0.1) is 18.8 Å². The number of ether oxygens (including phenoxy) is 1. The van der Waals surface area contributed by atoms with Gasteiger partial charge in [0.25, 0.3) is 0 Å². The fraction of sp³-hybridized carbons (Fsp3) is 0.615. The fourth-order valence-corrected chi connectivity index (χ4v) is 5.86. The summed E-state index contributed by atoms with van der Waals surface area (Å²) in [5, 5.41) is 0.0751. The van der Waals surface area contributed by atoms with E-state index in [1.165, 1.54) is 0 Å². The molecule has 188 valence electrons. The molecule has 1 saturated heterocycles. The van der Waals surface area contributed by atoms with E-state index in [-0.39, 0.29) is 34.8 Å². The topological polar surface area (TPSA) is 81.5 Å². The van der Waals surface area contributed by atoms with E-state index in [1.54, 1.807) is 10.8 Å². The first kappa shape index (κ1) is 26.4. The Balaban J connectivity index is 1.90. The number of aryl methyl sites for hydroxylation is 1. The highest BCUT2D eigenvalue weighted by Gasteiger charge is 2.28. The standard InChI is InChI=1S/C26H39N3O4S/c1-19(2)12-25(30)28(17-24-10-7-11-33-24)16-23-14-27-26(29(23)15-20(3)4)34(31,32)18-22-9-6-8-21(5)13-22/h6,8-9,13-14,19-20,24H,7,10-12,15-18H2,1-5H3. The first-order valence-corrected chi connectivity index (χ1v) is 13.9. The normalized spacial score (nSPS) is 16.5. The lowest BCUT2D eigenvalue weighted by atomic mass is 10.1. The highest BCUT2D eigenvalue weighted by Crippen LogP contribution is 2.22. The van der Waals surface area contributed by atoms with Crippen molar-refractivity contribution in [3.8, 4) is 0 Å². The Kier molecular flexibility index (Phi) is 8.93. The van der Waals surface area contributed by atoms with Crippen LogP contribution in [0.5, 0.6) is 0 Å². The van der Waals surface area contributed by atoms with Crippen molar-refractivity contribution < 1.29 is 17.9 Å². The number of hydrogen-bond acceptors (Lipinski definition) is 5. The second kappa shape index (κ2) is 11.5. The van der Waals surface area contributed by atoms with Crippen molar-refractivity contribution in [2.75, 3.05) is 13.2 Å². The van der Waals surface area contributed by atoms with Crippen molar-refractivity contribution >= 4 is 15.7 Å². The van der Waals surface area contributed by atoms with E-state index < -0.39 is 9.84 Å². The number of sulfone groups is 1. The van der Waals surface area contributed by atoms with Gasteiger partial charge in [-0.3, -0.25) is 4.79 Å². The van der Waals surface area contributed by atoms with Gasteiger partial charge in [-0.15, -0.1) is 0 Å². The molecule has 0 aliphatic carbocycles. The third-order valence-electron chi connectivity index (χ3n) is 5.90. The van der Waals surface area contributed by atoms with Crippen LogP contribution in [0.1, 0.15) is 63.8 Å². The molecule has 7 nitrogen and oxygen atoms in total. The van der Waals surface area contributed by atoms with Crippen LogP contribution in [0.4, 0.5) is 0 Å². The Morgan fingerprint density at radius 3 is 2.62 bits per heavy atom. The average molecular weight is 490 g/mol. The Hall–Kier alpha value is -2.19. The molecule has 0 radical (unpaired) electrons. The summed E-state index contributed by atoms with van der Waals surface area (Å²) in [6, 6.07) is 7.54. The molecular formula is C26H39N3O4S. The summed E-state index contributed by atoms with van der Waals surface area (Å²) in [4.78, 5) is 19.3. The van der Waals surface area contributed by atoms with Gasteiger partial charge in [0, 0.05) is 26.1 Å². The Bertz CT molecular complexity index is 1070. The van der Waals surface area contributed by atoms with Crippen LogP contribution in [0.2, 0.25) is 0 Å². The SMILES string of the molecule is Cc1cccc(CS(=O)(=O)c2ncc(CN(CC3CCCO3)C(=O)CC(C)C)n2CC(C)C)c1. The van der Waals surface area contributed by atoms with Gasteiger partial charge in [-0.05, 0) is 37.2 Å². The summed E-state index contributed by atoms with van der Waals surface area (Å²) in [5.74, 6) is 0.422. The quantitative estimate of drug-likeness (QED) is 0.468. The molecule has 2 aromatic rings. The molecule has 1 aliphatic rings. The molecule has 0 N–H and O–H groups in total. The minimum atomic E-state index is -3.66. The van der Waals surface area contributed by atoms with Crippen LogP contribution >= 0.6 is 0 Å². The van der Waals surface area contributed by atoms with Crippen molar-refractivity contribution in [2.24, 2.45) is 11.8 Å². The molecule has 8 heteroatoms. The molecule has 0 saturated carbocycles. The van der Waals surface area contributed by atoms with Crippen LogP contribution in [0.25, 0.3) is 0 Å². The predicted molar refractivity (Wildman–Crippen MR) is 133 cm³/mol. The molecule has 1 fully saturated rings. The number of hydrogen-bond donors (Lipinski definition) is 0. The molecular weight excluding hydrogens is 450 g/mol. The van der Waals surface area contributed by atoms with Crippen LogP contribution in [-0.2, 0) is 38.2 Å². The lowest BCUT2D eigenvalue weighted by Crippen LogP contribution is -2.38. The number of rotatable bonds is 11. The summed E-state index contributed by atoms with van der Waals surface area (Å²) < 4.78 is 34.4. The number of amides is 1. The monoisotopic (exact) mass is 489 g/mol. The van der Waals surface area contributed by atoms with Gasteiger partial charge in [-0.1, -0.05) is 57.5 Å². The number of imidazole rings is 1. The first-order valence-electron chi connectivity index (χ1n) is 12.3. The number of nitrogens with zero attached hydrogens (tertiary/aromatic N) is 3. The molecule has 1 aliphatic heterocycles. The summed E-state index contributed by atoms with van der Waals surface area (Å²) in [5.41, 5.74) is 2.51. The molecule has 0 bridgehead atoms. The van der Waals surface area contributed by atoms with Crippen molar-refractivity contribution in [1.29, 1.82) is 0 Å². The summed E-state index contributed by atoms with van der Waals surface area (Å²) in [6.07, 6.45) is 4.04. The third-order valence-corrected chi connectivity index (χ3v) is 7.50. The fourth-order valence-electron chi connectivity index (χ4n) is 4.38. The molecule has 1 aromatic heterocycles. The number of carbonyl (C=O) groups excluding carboxylic acids is 1.